The van der Waals surface area contributed by atoms with Gasteiger partial charge in [-0.15, -0.1) is 0 Å². The maximum atomic E-state index is 13.7. The lowest BCUT2D eigenvalue weighted by molar-refractivity contribution is -0.121. The maximum absolute atomic E-state index is 13.7. The van der Waals surface area contributed by atoms with Crippen LogP contribution >= 0.6 is 11.3 Å². The van der Waals surface area contributed by atoms with E-state index >= 15 is 0 Å². The molecular weight excluding hydrogens is 436 g/mol. The predicted octanol–water partition coefficient (Wildman–Crippen LogP) is 4.50. The molecule has 3 heterocycles. The van der Waals surface area contributed by atoms with Crippen molar-refractivity contribution in [3.05, 3.63) is 83.7 Å². The van der Waals surface area contributed by atoms with Gasteiger partial charge in [0, 0.05) is 24.6 Å². The zero-order valence-electron chi connectivity index (χ0n) is 17.9. The van der Waals surface area contributed by atoms with E-state index < -0.39 is 0 Å². The average Bonchev–Trinajstić information content (AvgIpc) is 3.41. The third-order valence-electron chi connectivity index (χ3n) is 5.53. The third-order valence-corrected chi connectivity index (χ3v) is 6.58. The summed E-state index contributed by atoms with van der Waals surface area (Å²) in [5.74, 6) is -0.786. The minimum atomic E-state index is -0.279. The first-order valence-electron chi connectivity index (χ1n) is 10.5. The van der Waals surface area contributed by atoms with E-state index in [2.05, 4.69) is 4.98 Å². The third kappa shape index (κ3) is 4.01. The van der Waals surface area contributed by atoms with Crippen LogP contribution in [-0.4, -0.2) is 27.7 Å². The molecule has 0 radical (unpaired) electrons. The summed E-state index contributed by atoms with van der Waals surface area (Å²) in [6.45, 7) is 2.23. The van der Waals surface area contributed by atoms with Gasteiger partial charge in [-0.25, -0.2) is 4.98 Å². The highest BCUT2D eigenvalue weighted by Crippen LogP contribution is 2.33. The van der Waals surface area contributed by atoms with Gasteiger partial charge in [0.15, 0.2) is 5.13 Å². The summed E-state index contributed by atoms with van der Waals surface area (Å²) in [5, 5.41) is 0.564. The Morgan fingerprint density at radius 3 is 2.55 bits per heavy atom. The minimum Gasteiger partial charge on any atom is -0.278 e. The average molecular weight is 457 g/mol. The van der Waals surface area contributed by atoms with Crippen molar-refractivity contribution < 1.29 is 14.4 Å². The highest BCUT2D eigenvalue weighted by molar-refractivity contribution is 7.22. The van der Waals surface area contributed by atoms with Gasteiger partial charge in [0.2, 0.25) is 11.8 Å². The van der Waals surface area contributed by atoms with Crippen LogP contribution in [0, 0.1) is 6.92 Å². The van der Waals surface area contributed by atoms with Crippen LogP contribution in [0.2, 0.25) is 0 Å². The largest absolute Gasteiger partial charge is 0.278 e. The first kappa shape index (κ1) is 21.0. The van der Waals surface area contributed by atoms with Crippen molar-refractivity contribution >= 4 is 50.1 Å². The molecule has 0 unspecified atom stereocenters. The van der Waals surface area contributed by atoms with E-state index in [0.29, 0.717) is 16.4 Å². The number of imide groups is 1. The molecule has 2 aromatic heterocycles. The highest BCUT2D eigenvalue weighted by Gasteiger charge is 2.31. The molecule has 0 saturated carbocycles. The molecule has 7 nitrogen and oxygen atoms in total. The van der Waals surface area contributed by atoms with Crippen LogP contribution in [0.1, 0.15) is 34.5 Å². The Hall–Kier alpha value is -3.91. The van der Waals surface area contributed by atoms with Crippen LogP contribution in [0.4, 0.5) is 10.8 Å². The second-order valence-corrected chi connectivity index (χ2v) is 8.81. The van der Waals surface area contributed by atoms with Crippen LogP contribution < -0.4 is 9.80 Å². The highest BCUT2D eigenvalue weighted by atomic mass is 32.1. The smallest absolute Gasteiger partial charge is 0.260 e. The van der Waals surface area contributed by atoms with E-state index in [4.69, 9.17) is 4.98 Å². The van der Waals surface area contributed by atoms with Crippen LogP contribution in [0.5, 0.6) is 0 Å². The van der Waals surface area contributed by atoms with Gasteiger partial charge in [0.1, 0.15) is 0 Å². The van der Waals surface area contributed by atoms with E-state index in [1.165, 1.54) is 11.3 Å². The second kappa shape index (κ2) is 8.55. The van der Waals surface area contributed by atoms with Crippen molar-refractivity contribution in [3.8, 4) is 0 Å². The summed E-state index contributed by atoms with van der Waals surface area (Å²) in [6, 6.07) is 18.1. The zero-order chi connectivity index (χ0) is 22.9. The van der Waals surface area contributed by atoms with Gasteiger partial charge in [0.05, 0.1) is 28.1 Å². The lowest BCUT2D eigenvalue weighted by Crippen LogP contribution is -2.32. The standard InChI is InChI=1S/C25H20N4O3S/c1-16-6-4-10-20-23(16)27-25(33-20)28(15-18-8-2-3-13-26-18)24(32)17-7-5-9-19(14-17)29-21(30)11-12-22(29)31/h2-10,13-14H,11-12,15H2,1H3. The molecule has 0 aliphatic carbocycles. The molecule has 1 aliphatic rings. The second-order valence-electron chi connectivity index (χ2n) is 7.80. The molecule has 0 N–H and O–H groups in total. The number of aromatic nitrogens is 2. The van der Waals surface area contributed by atoms with Gasteiger partial charge >= 0.3 is 0 Å². The number of aryl methyl sites for hydroxylation is 1. The van der Waals surface area contributed by atoms with E-state index in [1.54, 1.807) is 35.4 Å². The van der Waals surface area contributed by atoms with Crippen LogP contribution in [0.3, 0.4) is 0 Å². The van der Waals surface area contributed by atoms with Crippen molar-refractivity contribution in [2.24, 2.45) is 0 Å². The molecule has 33 heavy (non-hydrogen) atoms. The number of fused-ring (bicyclic) bond motifs is 1. The molecule has 3 amide bonds. The van der Waals surface area contributed by atoms with Crippen LogP contribution in [0.25, 0.3) is 10.2 Å². The van der Waals surface area contributed by atoms with Crippen molar-refractivity contribution in [1.29, 1.82) is 0 Å². The molecule has 164 valence electrons. The summed E-state index contributed by atoms with van der Waals surface area (Å²) in [6.07, 6.45) is 2.06. The van der Waals surface area contributed by atoms with Gasteiger partial charge in [-0.2, -0.15) is 0 Å². The summed E-state index contributed by atoms with van der Waals surface area (Å²) >= 11 is 1.44. The van der Waals surface area contributed by atoms with Gasteiger partial charge in [0.25, 0.3) is 5.91 Å². The lowest BCUT2D eigenvalue weighted by Gasteiger charge is -2.21. The zero-order valence-corrected chi connectivity index (χ0v) is 18.7. The Kier molecular flexibility index (Phi) is 5.43. The molecule has 2 aromatic carbocycles. The van der Waals surface area contributed by atoms with Crippen LogP contribution in [0.15, 0.2) is 66.9 Å². The number of hydrogen-bond donors (Lipinski definition) is 0. The number of anilines is 2. The van der Waals surface area contributed by atoms with E-state index in [1.807, 2.05) is 43.3 Å². The summed E-state index contributed by atoms with van der Waals surface area (Å²) in [7, 11) is 0. The Balaban J connectivity index is 1.55. The molecule has 5 rings (SSSR count). The van der Waals surface area contributed by atoms with Crippen molar-refractivity contribution in [1.82, 2.24) is 9.97 Å². The number of carbonyl (C=O) groups excluding carboxylic acids is 3. The van der Waals surface area contributed by atoms with Crippen molar-refractivity contribution in [3.63, 3.8) is 0 Å². The topological polar surface area (TPSA) is 83.5 Å². The molecule has 4 aromatic rings. The molecule has 8 heteroatoms. The van der Waals surface area contributed by atoms with Gasteiger partial charge in [-0.05, 0) is 48.9 Å². The number of nitrogens with zero attached hydrogens (tertiary/aromatic N) is 4. The fourth-order valence-corrected chi connectivity index (χ4v) is 4.91. The molecule has 0 atom stereocenters. The normalized spacial score (nSPS) is 13.7. The summed E-state index contributed by atoms with van der Waals surface area (Å²) in [5.41, 5.74) is 3.40. The molecular formula is C25H20N4O3S. The molecule has 0 spiro atoms. The quantitative estimate of drug-likeness (QED) is 0.413. The number of hydrogen-bond acceptors (Lipinski definition) is 6. The monoisotopic (exact) mass is 456 g/mol. The number of pyridine rings is 1. The molecule has 1 aliphatic heterocycles. The first-order valence-corrected chi connectivity index (χ1v) is 11.4. The number of benzene rings is 2. The number of para-hydroxylation sites is 1. The molecule has 1 saturated heterocycles. The number of thiazole rings is 1. The first-order chi connectivity index (χ1) is 16.0. The SMILES string of the molecule is Cc1cccc2sc(N(Cc3ccccn3)C(=O)c3cccc(N4C(=O)CCC4=O)c3)nc12. The fourth-order valence-electron chi connectivity index (χ4n) is 3.87. The van der Waals surface area contributed by atoms with Gasteiger partial charge in [-0.3, -0.25) is 29.2 Å². The maximum Gasteiger partial charge on any atom is 0.260 e. The number of amides is 3. The summed E-state index contributed by atoms with van der Waals surface area (Å²) < 4.78 is 0.992. The molecule has 1 fully saturated rings. The van der Waals surface area contributed by atoms with E-state index in [-0.39, 0.29) is 37.1 Å². The van der Waals surface area contributed by atoms with Crippen LogP contribution in [-0.2, 0) is 16.1 Å². The van der Waals surface area contributed by atoms with Gasteiger partial charge < -0.3 is 0 Å². The predicted molar refractivity (Wildman–Crippen MR) is 127 cm³/mol. The van der Waals surface area contributed by atoms with Crippen molar-refractivity contribution in [2.75, 3.05) is 9.80 Å². The van der Waals surface area contributed by atoms with E-state index in [0.717, 1.165) is 26.4 Å². The number of rotatable bonds is 5. The van der Waals surface area contributed by atoms with Gasteiger partial charge in [-0.1, -0.05) is 35.6 Å². The Bertz CT molecular complexity index is 1370. The fraction of sp³-hybridized carbons (Fsp3) is 0.160. The van der Waals surface area contributed by atoms with E-state index in [9.17, 15) is 14.4 Å². The number of carbonyl (C=O) groups is 3. The Labute approximate surface area is 194 Å². The van der Waals surface area contributed by atoms with Crippen molar-refractivity contribution in [2.45, 2.75) is 26.3 Å². The Morgan fingerprint density at radius 2 is 1.82 bits per heavy atom. The Morgan fingerprint density at radius 1 is 1.03 bits per heavy atom. The molecule has 0 bridgehead atoms. The minimum absolute atomic E-state index is 0.188. The summed E-state index contributed by atoms with van der Waals surface area (Å²) in [4.78, 5) is 50.0. The lowest BCUT2D eigenvalue weighted by atomic mass is 10.1.